The second kappa shape index (κ2) is 2.78. The van der Waals surface area contributed by atoms with Crippen molar-refractivity contribution in [3.8, 4) is 0 Å². The van der Waals surface area contributed by atoms with Crippen LogP contribution in [0.2, 0.25) is 0 Å². The van der Waals surface area contributed by atoms with Crippen LogP contribution < -0.4 is 0 Å². The minimum Gasteiger partial charge on any atom is -0.760 e. The molecule has 0 saturated carbocycles. The molecule has 0 radical (unpaired) electrons. The monoisotopic (exact) mass is 138 g/mol. The van der Waals surface area contributed by atoms with Gasteiger partial charge in [0.25, 0.3) is 0 Å². The molecule has 9 heavy (non-hydrogen) atoms. The molecule has 0 aliphatic carbocycles. The third kappa shape index (κ3) is 1.64. The summed E-state index contributed by atoms with van der Waals surface area (Å²) in [4.78, 5) is 3.96. The second-order valence-electron chi connectivity index (χ2n) is 1.86. The molecule has 0 saturated heterocycles. The molecular formula is C7H8NS-. The highest BCUT2D eigenvalue weighted by Gasteiger charge is 1.82. The molecule has 1 aromatic heterocycles. The minimum atomic E-state index is 0.673. The van der Waals surface area contributed by atoms with Crippen LogP contribution in [0, 0.1) is 0 Å². The van der Waals surface area contributed by atoms with E-state index in [2.05, 4.69) is 11.9 Å². The standard InChI is InChI=1S/C7H9NS/c1-2-6-3-4-7(9)8-5-6/h3-5H,2H2,1H3,(H,8,9)/p-1. The first-order valence-electron chi connectivity index (χ1n) is 2.95. The maximum Gasteiger partial charge on any atom is 0.0281 e. The van der Waals surface area contributed by atoms with Crippen LogP contribution in [0.1, 0.15) is 12.5 Å². The van der Waals surface area contributed by atoms with Crippen molar-refractivity contribution in [2.24, 2.45) is 0 Å². The Morgan fingerprint density at radius 3 is 2.78 bits per heavy atom. The van der Waals surface area contributed by atoms with E-state index in [1.165, 1.54) is 5.56 Å². The van der Waals surface area contributed by atoms with Gasteiger partial charge in [0.2, 0.25) is 0 Å². The summed E-state index contributed by atoms with van der Waals surface area (Å²) in [5, 5.41) is 0.673. The van der Waals surface area contributed by atoms with Crippen LogP contribution in [0.5, 0.6) is 0 Å². The summed E-state index contributed by atoms with van der Waals surface area (Å²) in [5.41, 5.74) is 1.24. The molecule has 1 heterocycles. The van der Waals surface area contributed by atoms with Crippen LogP contribution in [0.15, 0.2) is 23.4 Å². The zero-order valence-electron chi connectivity index (χ0n) is 5.29. The highest BCUT2D eigenvalue weighted by molar-refractivity contribution is 7.58. The number of aromatic nitrogens is 1. The summed E-state index contributed by atoms with van der Waals surface area (Å²) >= 11 is 4.81. The molecule has 0 aliphatic rings. The summed E-state index contributed by atoms with van der Waals surface area (Å²) in [6, 6.07) is 3.86. The van der Waals surface area contributed by atoms with Gasteiger partial charge in [0.05, 0.1) is 0 Å². The van der Waals surface area contributed by atoms with Crippen molar-refractivity contribution in [3.63, 3.8) is 0 Å². The molecule has 2 heteroatoms. The van der Waals surface area contributed by atoms with Gasteiger partial charge in [-0.15, -0.1) is 0 Å². The first kappa shape index (κ1) is 6.49. The number of hydrogen-bond acceptors (Lipinski definition) is 2. The topological polar surface area (TPSA) is 12.9 Å². The molecule has 48 valence electrons. The van der Waals surface area contributed by atoms with Crippen LogP contribution in [0.3, 0.4) is 0 Å². The molecule has 0 aromatic carbocycles. The number of rotatable bonds is 1. The van der Waals surface area contributed by atoms with Crippen molar-refractivity contribution in [1.29, 1.82) is 0 Å². The Hall–Kier alpha value is -0.630. The zero-order valence-corrected chi connectivity index (χ0v) is 6.11. The van der Waals surface area contributed by atoms with E-state index >= 15 is 0 Å². The van der Waals surface area contributed by atoms with Crippen molar-refractivity contribution in [3.05, 3.63) is 23.9 Å². The smallest absolute Gasteiger partial charge is 0.0281 e. The normalized spacial score (nSPS) is 9.44. The predicted molar refractivity (Wildman–Crippen MR) is 39.2 cm³/mol. The van der Waals surface area contributed by atoms with Gasteiger partial charge >= 0.3 is 0 Å². The van der Waals surface area contributed by atoms with Crippen molar-refractivity contribution >= 4 is 12.6 Å². The summed E-state index contributed by atoms with van der Waals surface area (Å²) < 4.78 is 0. The number of pyridine rings is 1. The van der Waals surface area contributed by atoms with Gasteiger partial charge in [-0.25, -0.2) is 0 Å². The Morgan fingerprint density at radius 1 is 1.56 bits per heavy atom. The summed E-state index contributed by atoms with van der Waals surface area (Å²) in [7, 11) is 0. The van der Waals surface area contributed by atoms with E-state index < -0.39 is 0 Å². The largest absolute Gasteiger partial charge is 0.760 e. The molecule has 1 aromatic rings. The van der Waals surface area contributed by atoms with Crippen molar-refractivity contribution in [1.82, 2.24) is 4.98 Å². The number of aryl methyl sites for hydroxylation is 1. The lowest BCUT2D eigenvalue weighted by molar-refractivity contribution is 1.05. The third-order valence-electron chi connectivity index (χ3n) is 1.21. The fourth-order valence-electron chi connectivity index (χ4n) is 0.620. The molecule has 0 aliphatic heterocycles. The van der Waals surface area contributed by atoms with Crippen LogP contribution >= 0.6 is 0 Å². The Kier molecular flexibility index (Phi) is 2.01. The summed E-state index contributed by atoms with van der Waals surface area (Å²) in [6.45, 7) is 2.10. The molecule has 0 amide bonds. The quantitative estimate of drug-likeness (QED) is 0.546. The Morgan fingerprint density at radius 2 is 2.33 bits per heavy atom. The van der Waals surface area contributed by atoms with E-state index in [0.717, 1.165) is 6.42 Å². The molecule has 1 nitrogen and oxygen atoms in total. The SMILES string of the molecule is CCc1ccc([S-])nc1. The molecular weight excluding hydrogens is 130 g/mol. The van der Waals surface area contributed by atoms with Gasteiger partial charge in [-0.2, -0.15) is 0 Å². The Bertz CT molecular complexity index is 181. The minimum absolute atomic E-state index is 0.673. The molecule has 0 spiro atoms. The van der Waals surface area contributed by atoms with E-state index in [9.17, 15) is 0 Å². The number of hydrogen-bond donors (Lipinski definition) is 0. The first-order chi connectivity index (χ1) is 4.33. The molecule has 0 N–H and O–H groups in total. The lowest BCUT2D eigenvalue weighted by Crippen LogP contribution is -1.82. The third-order valence-corrected chi connectivity index (χ3v) is 1.45. The molecule has 0 bridgehead atoms. The maximum atomic E-state index is 4.81. The fraction of sp³-hybridized carbons (Fsp3) is 0.286. The van der Waals surface area contributed by atoms with Gasteiger partial charge in [0, 0.05) is 6.20 Å². The van der Waals surface area contributed by atoms with Gasteiger partial charge in [-0.3, -0.25) is 4.98 Å². The average molecular weight is 138 g/mol. The summed E-state index contributed by atoms with van der Waals surface area (Å²) in [5.74, 6) is 0. The van der Waals surface area contributed by atoms with Crippen molar-refractivity contribution in [2.75, 3.05) is 0 Å². The lowest BCUT2D eigenvalue weighted by Gasteiger charge is -2.02. The van der Waals surface area contributed by atoms with E-state index in [1.807, 2.05) is 18.3 Å². The zero-order chi connectivity index (χ0) is 6.69. The van der Waals surface area contributed by atoms with Crippen molar-refractivity contribution in [2.45, 2.75) is 18.4 Å². The molecule has 0 atom stereocenters. The van der Waals surface area contributed by atoms with E-state index in [4.69, 9.17) is 12.6 Å². The van der Waals surface area contributed by atoms with Gasteiger partial charge in [0.1, 0.15) is 0 Å². The predicted octanol–water partition coefficient (Wildman–Crippen LogP) is 1.55. The fourth-order valence-corrected chi connectivity index (χ4v) is 0.741. The van der Waals surface area contributed by atoms with Crippen LogP contribution in [0.4, 0.5) is 0 Å². The maximum absolute atomic E-state index is 4.81. The average Bonchev–Trinajstić information content (AvgIpc) is 1.90. The van der Waals surface area contributed by atoms with Crippen LogP contribution in [-0.4, -0.2) is 4.98 Å². The van der Waals surface area contributed by atoms with E-state index in [0.29, 0.717) is 5.03 Å². The van der Waals surface area contributed by atoms with Gasteiger partial charge in [0.15, 0.2) is 0 Å². The van der Waals surface area contributed by atoms with Crippen LogP contribution in [-0.2, 0) is 19.0 Å². The first-order valence-corrected chi connectivity index (χ1v) is 3.35. The summed E-state index contributed by atoms with van der Waals surface area (Å²) in [6.07, 6.45) is 2.85. The number of nitrogens with zero attached hydrogens (tertiary/aromatic N) is 1. The highest BCUT2D eigenvalue weighted by atomic mass is 32.1. The van der Waals surface area contributed by atoms with Gasteiger partial charge < -0.3 is 12.6 Å². The van der Waals surface area contributed by atoms with Crippen molar-refractivity contribution < 1.29 is 0 Å². The highest BCUT2D eigenvalue weighted by Crippen LogP contribution is 1.98. The molecule has 1 rings (SSSR count). The lowest BCUT2D eigenvalue weighted by atomic mass is 10.2. The van der Waals surface area contributed by atoms with Crippen LogP contribution in [0.25, 0.3) is 0 Å². The van der Waals surface area contributed by atoms with Gasteiger partial charge in [-0.1, -0.05) is 24.1 Å². The Labute approximate surface area is 60.5 Å². The van der Waals surface area contributed by atoms with E-state index in [-0.39, 0.29) is 0 Å². The molecule has 0 fully saturated rings. The Balaban J connectivity index is 2.88. The molecule has 0 unspecified atom stereocenters. The van der Waals surface area contributed by atoms with E-state index in [1.54, 1.807) is 0 Å². The second-order valence-corrected chi connectivity index (χ2v) is 2.28. The van der Waals surface area contributed by atoms with Gasteiger partial charge in [-0.05, 0) is 12.0 Å².